The van der Waals surface area contributed by atoms with Crippen LogP contribution in [0.2, 0.25) is 0 Å². The molecule has 2 heterocycles. The normalized spacial score (nSPS) is 11.0. The number of aromatic nitrogens is 3. The zero-order valence-electron chi connectivity index (χ0n) is 17.8. The van der Waals surface area contributed by atoms with Gasteiger partial charge >= 0.3 is 0 Å². The second kappa shape index (κ2) is 9.82. The van der Waals surface area contributed by atoms with Gasteiger partial charge in [-0.1, -0.05) is 42.1 Å². The molecule has 0 fully saturated rings. The Morgan fingerprint density at radius 1 is 1.19 bits per heavy atom. The van der Waals surface area contributed by atoms with Crippen molar-refractivity contribution in [2.24, 2.45) is 0 Å². The van der Waals surface area contributed by atoms with E-state index >= 15 is 0 Å². The molecule has 1 amide bonds. The summed E-state index contributed by atoms with van der Waals surface area (Å²) < 4.78 is 20.6. The Labute approximate surface area is 189 Å². The van der Waals surface area contributed by atoms with E-state index in [2.05, 4.69) is 15.4 Å². The number of nitrogens with zero attached hydrogens (tertiary/aromatic N) is 3. The fourth-order valence-corrected chi connectivity index (χ4v) is 4.21. The van der Waals surface area contributed by atoms with Crippen molar-refractivity contribution in [3.8, 4) is 16.9 Å². The van der Waals surface area contributed by atoms with Crippen molar-refractivity contribution in [2.75, 3.05) is 12.4 Å². The molecule has 0 unspecified atom stereocenters. The van der Waals surface area contributed by atoms with E-state index in [4.69, 9.17) is 4.74 Å². The van der Waals surface area contributed by atoms with Crippen LogP contribution in [0, 0.1) is 12.7 Å². The molecule has 0 aliphatic carbocycles. The van der Waals surface area contributed by atoms with E-state index in [9.17, 15) is 9.18 Å². The first-order valence-corrected chi connectivity index (χ1v) is 11.2. The van der Waals surface area contributed by atoms with Crippen molar-refractivity contribution < 1.29 is 13.9 Å². The highest BCUT2D eigenvalue weighted by molar-refractivity contribution is 7.99. The second-order valence-electron chi connectivity index (χ2n) is 7.14. The minimum Gasteiger partial charge on any atom is -0.494 e. The number of nitrogens with one attached hydrogen (secondary N) is 1. The number of fused-ring (bicyclic) bond motifs is 1. The maximum absolute atomic E-state index is 13.3. The van der Waals surface area contributed by atoms with Crippen molar-refractivity contribution in [3.05, 3.63) is 77.9 Å². The lowest BCUT2D eigenvalue weighted by Gasteiger charge is -2.11. The maximum Gasteiger partial charge on any atom is 0.230 e. The Bertz CT molecular complexity index is 1240. The summed E-state index contributed by atoms with van der Waals surface area (Å²) in [6, 6.07) is 15.8. The molecule has 32 heavy (non-hydrogen) atoms. The van der Waals surface area contributed by atoms with Gasteiger partial charge in [-0.2, -0.15) is 5.10 Å². The number of thioether (sulfide) groups is 1. The third kappa shape index (κ3) is 4.91. The van der Waals surface area contributed by atoms with Gasteiger partial charge in [0.25, 0.3) is 0 Å². The molecule has 164 valence electrons. The van der Waals surface area contributed by atoms with Gasteiger partial charge in [-0.15, -0.1) is 0 Å². The summed E-state index contributed by atoms with van der Waals surface area (Å²) in [5, 5.41) is 8.21. The highest BCUT2D eigenvalue weighted by Crippen LogP contribution is 2.28. The summed E-state index contributed by atoms with van der Waals surface area (Å²) in [6.45, 7) is 4.80. The zero-order valence-corrected chi connectivity index (χ0v) is 18.7. The quantitative estimate of drug-likeness (QED) is 0.313. The fourth-order valence-electron chi connectivity index (χ4n) is 3.32. The van der Waals surface area contributed by atoms with E-state index in [0.29, 0.717) is 18.8 Å². The molecular weight excluding hydrogens is 427 g/mol. The molecule has 2 aromatic heterocycles. The van der Waals surface area contributed by atoms with E-state index in [1.54, 1.807) is 22.8 Å². The van der Waals surface area contributed by atoms with Crippen LogP contribution < -0.4 is 10.1 Å². The SMILES string of the molecule is CCOc1ccccc1CNC(=O)CSc1cc(C)nc2c(-c3ccc(F)cc3)cnn12. The monoisotopic (exact) mass is 450 g/mol. The summed E-state index contributed by atoms with van der Waals surface area (Å²) in [6.07, 6.45) is 1.71. The molecule has 0 aliphatic rings. The van der Waals surface area contributed by atoms with E-state index in [-0.39, 0.29) is 17.5 Å². The molecule has 4 aromatic rings. The summed E-state index contributed by atoms with van der Waals surface area (Å²) in [4.78, 5) is 17.1. The largest absolute Gasteiger partial charge is 0.494 e. The van der Waals surface area contributed by atoms with Crippen molar-refractivity contribution in [1.29, 1.82) is 0 Å². The number of carbonyl (C=O) groups is 1. The van der Waals surface area contributed by atoms with Gasteiger partial charge in [-0.25, -0.2) is 13.9 Å². The van der Waals surface area contributed by atoms with Crippen LogP contribution >= 0.6 is 11.8 Å². The lowest BCUT2D eigenvalue weighted by Crippen LogP contribution is -2.25. The molecule has 1 N–H and O–H groups in total. The van der Waals surface area contributed by atoms with Crippen LogP contribution in [0.4, 0.5) is 4.39 Å². The van der Waals surface area contributed by atoms with Gasteiger partial charge in [-0.05, 0) is 43.7 Å². The maximum atomic E-state index is 13.3. The van der Waals surface area contributed by atoms with Gasteiger partial charge in [0.15, 0.2) is 5.65 Å². The molecular formula is C24H23FN4O2S. The molecule has 0 saturated heterocycles. The Morgan fingerprint density at radius 3 is 2.75 bits per heavy atom. The Hall–Kier alpha value is -3.39. The van der Waals surface area contributed by atoms with Crippen molar-refractivity contribution in [2.45, 2.75) is 25.4 Å². The van der Waals surface area contributed by atoms with Crippen LogP contribution in [-0.4, -0.2) is 32.9 Å². The number of halogens is 1. The van der Waals surface area contributed by atoms with Gasteiger partial charge < -0.3 is 10.1 Å². The van der Waals surface area contributed by atoms with Crippen LogP contribution in [0.3, 0.4) is 0 Å². The first kappa shape index (κ1) is 21.8. The average Bonchev–Trinajstić information content (AvgIpc) is 3.21. The van der Waals surface area contributed by atoms with E-state index in [0.717, 1.165) is 33.2 Å². The number of aryl methyl sites for hydroxylation is 1. The van der Waals surface area contributed by atoms with Crippen molar-refractivity contribution in [1.82, 2.24) is 19.9 Å². The van der Waals surface area contributed by atoms with Crippen molar-refractivity contribution >= 4 is 23.3 Å². The Balaban J connectivity index is 1.46. The Kier molecular flexibility index (Phi) is 6.70. The van der Waals surface area contributed by atoms with Gasteiger partial charge in [0, 0.05) is 23.4 Å². The number of ether oxygens (including phenoxy) is 1. The molecule has 2 aromatic carbocycles. The minimum absolute atomic E-state index is 0.0881. The molecule has 0 aliphatic heterocycles. The molecule has 0 spiro atoms. The molecule has 8 heteroatoms. The number of hydrogen-bond acceptors (Lipinski definition) is 5. The topological polar surface area (TPSA) is 68.5 Å². The number of benzene rings is 2. The second-order valence-corrected chi connectivity index (χ2v) is 8.14. The molecule has 6 nitrogen and oxygen atoms in total. The highest BCUT2D eigenvalue weighted by Gasteiger charge is 2.14. The zero-order chi connectivity index (χ0) is 22.5. The van der Waals surface area contributed by atoms with Gasteiger partial charge in [0.05, 0.1) is 18.6 Å². The molecule has 0 bridgehead atoms. The van der Waals surface area contributed by atoms with E-state index in [1.165, 1.54) is 23.9 Å². The number of carbonyl (C=O) groups excluding carboxylic acids is 1. The van der Waals surface area contributed by atoms with Crippen LogP contribution in [0.5, 0.6) is 5.75 Å². The summed E-state index contributed by atoms with van der Waals surface area (Å²) in [7, 11) is 0. The first-order valence-electron chi connectivity index (χ1n) is 10.3. The number of rotatable bonds is 8. The van der Waals surface area contributed by atoms with Crippen LogP contribution in [0.15, 0.2) is 65.8 Å². The predicted octanol–water partition coefficient (Wildman–Crippen LogP) is 4.65. The van der Waals surface area contributed by atoms with Gasteiger partial charge in [0.1, 0.15) is 16.6 Å². The molecule has 4 rings (SSSR count). The summed E-state index contributed by atoms with van der Waals surface area (Å²) in [5.74, 6) is 0.635. The fraction of sp³-hybridized carbons (Fsp3) is 0.208. The van der Waals surface area contributed by atoms with Crippen LogP contribution in [0.1, 0.15) is 18.2 Å². The van der Waals surface area contributed by atoms with Gasteiger partial charge in [0.2, 0.25) is 5.91 Å². The Morgan fingerprint density at radius 2 is 1.97 bits per heavy atom. The number of hydrogen-bond donors (Lipinski definition) is 1. The van der Waals surface area contributed by atoms with Gasteiger partial charge in [-0.3, -0.25) is 4.79 Å². The van der Waals surface area contributed by atoms with Crippen molar-refractivity contribution in [3.63, 3.8) is 0 Å². The molecule has 0 atom stereocenters. The van der Waals surface area contributed by atoms with Crippen LogP contribution in [-0.2, 0) is 11.3 Å². The van der Waals surface area contributed by atoms with Crippen LogP contribution in [0.25, 0.3) is 16.8 Å². The lowest BCUT2D eigenvalue weighted by atomic mass is 10.1. The lowest BCUT2D eigenvalue weighted by molar-refractivity contribution is -0.118. The molecule has 0 saturated carbocycles. The van der Waals surface area contributed by atoms with E-state index in [1.807, 2.05) is 44.2 Å². The third-order valence-corrected chi connectivity index (χ3v) is 5.82. The first-order chi connectivity index (χ1) is 15.5. The highest BCUT2D eigenvalue weighted by atomic mass is 32.2. The summed E-state index contributed by atoms with van der Waals surface area (Å²) >= 11 is 1.39. The smallest absolute Gasteiger partial charge is 0.230 e. The van der Waals surface area contributed by atoms with E-state index < -0.39 is 0 Å². The standard InChI is InChI=1S/C24H23FN4O2S/c1-3-31-21-7-5-4-6-18(21)13-26-22(30)15-32-23-12-16(2)28-24-20(14-27-29(23)24)17-8-10-19(25)11-9-17/h4-12,14H,3,13,15H2,1-2H3,(H,26,30). The predicted molar refractivity (Wildman–Crippen MR) is 123 cm³/mol. The summed E-state index contributed by atoms with van der Waals surface area (Å²) in [5.41, 5.74) is 4.07. The average molecular weight is 451 g/mol. The molecule has 0 radical (unpaired) electrons. The number of para-hydroxylation sites is 1. The minimum atomic E-state index is -0.291. The third-order valence-electron chi connectivity index (χ3n) is 4.82. The number of amides is 1.